The summed E-state index contributed by atoms with van der Waals surface area (Å²) in [5, 5.41) is 3.61. The maximum Gasteiger partial charge on any atom is 0.259 e. The fourth-order valence-electron chi connectivity index (χ4n) is 2.86. The summed E-state index contributed by atoms with van der Waals surface area (Å²) < 4.78 is 0. The quantitative estimate of drug-likeness (QED) is 0.601. The maximum absolute atomic E-state index is 12.4. The van der Waals surface area contributed by atoms with Gasteiger partial charge in [-0.2, -0.15) is 11.8 Å². The molecule has 2 aromatic heterocycles. The zero-order chi connectivity index (χ0) is 18.0. The number of aromatic amines is 1. The minimum atomic E-state index is -0.400. The van der Waals surface area contributed by atoms with Crippen molar-refractivity contribution in [2.75, 3.05) is 12.3 Å². The Hall–Kier alpha value is -1.09. The zero-order valence-electron chi connectivity index (χ0n) is 15.0. The van der Waals surface area contributed by atoms with E-state index in [2.05, 4.69) is 15.3 Å². The summed E-state index contributed by atoms with van der Waals surface area (Å²) in [7, 11) is 0. The van der Waals surface area contributed by atoms with Gasteiger partial charge in [-0.1, -0.05) is 0 Å². The summed E-state index contributed by atoms with van der Waals surface area (Å²) in [6.45, 7) is 4.21. The number of fused-ring (bicyclic) bond motifs is 3. The smallest absolute Gasteiger partial charge is 0.259 e. The first kappa shape index (κ1) is 21.2. The average Bonchev–Trinajstić information content (AvgIpc) is 3.09. The largest absolute Gasteiger partial charge is 0.354 e. The van der Waals surface area contributed by atoms with Gasteiger partial charge >= 0.3 is 0 Å². The Morgan fingerprint density at radius 2 is 2.19 bits per heavy atom. The third kappa shape index (κ3) is 5.22. The van der Waals surface area contributed by atoms with Gasteiger partial charge in [0.25, 0.3) is 5.56 Å². The summed E-state index contributed by atoms with van der Waals surface area (Å²) in [6, 6.07) is 0. The lowest BCUT2D eigenvalue weighted by molar-refractivity contribution is -0.120. The first-order valence-electron chi connectivity index (χ1n) is 8.50. The summed E-state index contributed by atoms with van der Waals surface area (Å²) in [5.41, 5.74) is 6.62. The molecular formula is C17H25ClN4O2S2. The average molecular weight is 417 g/mol. The van der Waals surface area contributed by atoms with E-state index in [9.17, 15) is 9.59 Å². The highest BCUT2D eigenvalue weighted by atomic mass is 35.5. The van der Waals surface area contributed by atoms with Crippen molar-refractivity contribution in [3.63, 3.8) is 0 Å². The minimum Gasteiger partial charge on any atom is -0.354 e. The second-order valence-corrected chi connectivity index (χ2v) is 9.31. The van der Waals surface area contributed by atoms with Crippen LogP contribution in [0.5, 0.6) is 0 Å². The number of amides is 1. The molecule has 6 nitrogen and oxygen atoms in total. The lowest BCUT2D eigenvalue weighted by atomic mass is 10.1. The van der Waals surface area contributed by atoms with Gasteiger partial charge in [0.1, 0.15) is 10.7 Å². The molecule has 0 atom stereocenters. The van der Waals surface area contributed by atoms with E-state index in [4.69, 9.17) is 5.73 Å². The Morgan fingerprint density at radius 1 is 1.42 bits per heavy atom. The number of hydrogen-bond acceptors (Lipinski definition) is 6. The number of halogens is 1. The topological polar surface area (TPSA) is 101 Å². The standard InChI is InChI=1S/C17H24N4O2S2.ClH/c1-17(2,18)9-19-13(22)6-7-24-8-12-20-15(23)14-10-4-3-5-11(10)25-16(14)21-12;/h3-9,18H2,1-2H3,(H,19,22)(H,20,21,23);1H. The van der Waals surface area contributed by atoms with Crippen molar-refractivity contribution in [1.82, 2.24) is 15.3 Å². The van der Waals surface area contributed by atoms with Gasteiger partial charge in [0, 0.05) is 29.1 Å². The van der Waals surface area contributed by atoms with E-state index < -0.39 is 5.54 Å². The van der Waals surface area contributed by atoms with Crippen LogP contribution in [0.4, 0.5) is 0 Å². The van der Waals surface area contributed by atoms with E-state index in [-0.39, 0.29) is 23.9 Å². The van der Waals surface area contributed by atoms with Gasteiger partial charge in [-0.15, -0.1) is 23.7 Å². The summed E-state index contributed by atoms with van der Waals surface area (Å²) in [4.78, 5) is 33.8. The number of hydrogen-bond donors (Lipinski definition) is 3. The van der Waals surface area contributed by atoms with Crippen LogP contribution in [-0.2, 0) is 23.4 Å². The Bertz CT molecular complexity index is 842. The predicted octanol–water partition coefficient (Wildman–Crippen LogP) is 2.37. The van der Waals surface area contributed by atoms with Crippen LogP contribution < -0.4 is 16.6 Å². The maximum atomic E-state index is 12.4. The van der Waals surface area contributed by atoms with Crippen LogP contribution in [0.15, 0.2) is 4.79 Å². The Balaban J connectivity index is 0.00000243. The van der Waals surface area contributed by atoms with Crippen molar-refractivity contribution >= 4 is 51.6 Å². The molecular weight excluding hydrogens is 392 g/mol. The number of carbonyl (C=O) groups is 1. The van der Waals surface area contributed by atoms with Crippen molar-refractivity contribution < 1.29 is 4.79 Å². The second-order valence-electron chi connectivity index (χ2n) is 7.12. The van der Waals surface area contributed by atoms with Crippen LogP contribution in [0.1, 0.15) is 43.0 Å². The van der Waals surface area contributed by atoms with Gasteiger partial charge < -0.3 is 16.0 Å². The Labute approximate surface area is 167 Å². The van der Waals surface area contributed by atoms with Crippen LogP contribution in [0, 0.1) is 0 Å². The minimum absolute atomic E-state index is 0. The molecule has 0 spiro atoms. The molecule has 2 heterocycles. The Morgan fingerprint density at radius 3 is 2.92 bits per heavy atom. The summed E-state index contributed by atoms with van der Waals surface area (Å²) in [6.07, 6.45) is 3.62. The molecule has 0 fully saturated rings. The molecule has 0 bridgehead atoms. The molecule has 0 saturated heterocycles. The highest BCUT2D eigenvalue weighted by Gasteiger charge is 2.21. The van der Waals surface area contributed by atoms with E-state index >= 15 is 0 Å². The Kier molecular flexibility index (Phi) is 7.12. The number of aryl methyl sites for hydroxylation is 2. The van der Waals surface area contributed by atoms with Crippen LogP contribution >= 0.6 is 35.5 Å². The van der Waals surface area contributed by atoms with Crippen molar-refractivity contribution in [1.29, 1.82) is 0 Å². The van der Waals surface area contributed by atoms with Gasteiger partial charge in [0.05, 0.1) is 11.1 Å². The number of carbonyl (C=O) groups excluding carboxylic acids is 1. The molecule has 1 amide bonds. The van der Waals surface area contributed by atoms with Gasteiger partial charge in [-0.05, 0) is 38.7 Å². The van der Waals surface area contributed by atoms with Crippen molar-refractivity contribution in [3.8, 4) is 0 Å². The SMILES string of the molecule is CC(C)(N)CNC(=O)CCSCc1nc2sc3c(c2c(=O)[nH]1)CCC3.Cl. The molecule has 0 aliphatic heterocycles. The van der Waals surface area contributed by atoms with Crippen molar-refractivity contribution in [3.05, 3.63) is 26.6 Å². The molecule has 144 valence electrons. The molecule has 26 heavy (non-hydrogen) atoms. The highest BCUT2D eigenvalue weighted by Crippen LogP contribution is 2.34. The summed E-state index contributed by atoms with van der Waals surface area (Å²) >= 11 is 3.25. The molecule has 0 saturated carbocycles. The van der Waals surface area contributed by atoms with E-state index in [1.54, 1.807) is 23.1 Å². The van der Waals surface area contributed by atoms with E-state index in [1.807, 2.05) is 13.8 Å². The molecule has 0 radical (unpaired) electrons. The lowest BCUT2D eigenvalue weighted by Gasteiger charge is -2.18. The number of thioether (sulfide) groups is 1. The fourth-order valence-corrected chi connectivity index (χ4v) is 4.95. The number of thiophene rings is 1. The second kappa shape index (κ2) is 8.73. The van der Waals surface area contributed by atoms with Gasteiger partial charge in [-0.25, -0.2) is 4.98 Å². The highest BCUT2D eigenvalue weighted by molar-refractivity contribution is 7.98. The van der Waals surface area contributed by atoms with Crippen LogP contribution in [0.25, 0.3) is 10.2 Å². The third-order valence-electron chi connectivity index (χ3n) is 4.08. The molecule has 2 aromatic rings. The first-order chi connectivity index (χ1) is 11.8. The van der Waals surface area contributed by atoms with Crippen LogP contribution in [0.2, 0.25) is 0 Å². The van der Waals surface area contributed by atoms with Crippen LogP contribution in [0.3, 0.4) is 0 Å². The predicted molar refractivity (Wildman–Crippen MR) is 112 cm³/mol. The monoisotopic (exact) mass is 416 g/mol. The number of H-pyrrole nitrogens is 1. The number of rotatable bonds is 7. The molecule has 9 heteroatoms. The molecule has 1 aliphatic rings. The van der Waals surface area contributed by atoms with Gasteiger partial charge in [0.2, 0.25) is 5.91 Å². The summed E-state index contributed by atoms with van der Waals surface area (Å²) in [5.74, 6) is 1.96. The number of aromatic nitrogens is 2. The third-order valence-corrected chi connectivity index (χ3v) is 6.23. The first-order valence-corrected chi connectivity index (χ1v) is 10.5. The lowest BCUT2D eigenvalue weighted by Crippen LogP contribution is -2.45. The van der Waals surface area contributed by atoms with Crippen molar-refractivity contribution in [2.24, 2.45) is 5.73 Å². The number of nitrogens with zero attached hydrogens (tertiary/aromatic N) is 1. The fraction of sp³-hybridized carbons (Fsp3) is 0.588. The van der Waals surface area contributed by atoms with Gasteiger partial charge in [0.15, 0.2) is 0 Å². The number of nitrogens with two attached hydrogens (primary N) is 1. The zero-order valence-corrected chi connectivity index (χ0v) is 17.5. The molecule has 4 N–H and O–H groups in total. The molecule has 0 aromatic carbocycles. The van der Waals surface area contributed by atoms with Crippen molar-refractivity contribution in [2.45, 2.75) is 50.8 Å². The number of nitrogens with one attached hydrogen (secondary N) is 2. The van der Waals surface area contributed by atoms with E-state index in [1.165, 1.54) is 10.4 Å². The van der Waals surface area contributed by atoms with Crippen LogP contribution in [-0.4, -0.2) is 33.7 Å². The van der Waals surface area contributed by atoms with E-state index in [0.717, 1.165) is 29.5 Å². The molecule has 3 rings (SSSR count). The van der Waals surface area contributed by atoms with Gasteiger partial charge in [-0.3, -0.25) is 9.59 Å². The van der Waals surface area contributed by atoms with E-state index in [0.29, 0.717) is 30.3 Å². The normalized spacial score (nSPS) is 13.5. The molecule has 0 unspecified atom stereocenters. The molecule has 1 aliphatic carbocycles.